The summed E-state index contributed by atoms with van der Waals surface area (Å²) in [5.74, 6) is 0.842. The van der Waals surface area contributed by atoms with Gasteiger partial charge in [-0.1, -0.05) is 31.9 Å². The van der Waals surface area contributed by atoms with Gasteiger partial charge in [-0.3, -0.25) is 4.79 Å². The van der Waals surface area contributed by atoms with E-state index in [4.69, 9.17) is 4.74 Å². The lowest BCUT2D eigenvalue weighted by Gasteiger charge is -2.29. The molecule has 150 valence electrons. The number of benzene rings is 1. The number of para-hydroxylation sites is 2. The molecule has 1 N–H and O–H groups in total. The Hall–Kier alpha value is -2.61. The lowest BCUT2D eigenvalue weighted by Crippen LogP contribution is -2.43. The van der Waals surface area contributed by atoms with Crippen molar-refractivity contribution in [1.29, 1.82) is 0 Å². The molecule has 1 aliphatic rings. The molecule has 1 aromatic carbocycles. The van der Waals surface area contributed by atoms with Crippen LogP contribution in [0.15, 0.2) is 29.1 Å². The van der Waals surface area contributed by atoms with Crippen LogP contribution in [-0.2, 0) is 22.6 Å². The molecular formula is C20H27N5O3. The molecule has 28 heavy (non-hydrogen) atoms. The summed E-state index contributed by atoms with van der Waals surface area (Å²) < 4.78 is 9.99. The summed E-state index contributed by atoms with van der Waals surface area (Å²) in [6, 6.07) is 7.86. The number of methoxy groups -OCH3 is 1. The molecule has 0 saturated heterocycles. The molecule has 0 bridgehead atoms. The van der Waals surface area contributed by atoms with E-state index >= 15 is 0 Å². The van der Waals surface area contributed by atoms with Crippen LogP contribution in [0.5, 0.6) is 0 Å². The number of carbonyl (C=O) groups is 1. The van der Waals surface area contributed by atoms with Crippen molar-refractivity contribution in [2.75, 3.05) is 13.7 Å². The van der Waals surface area contributed by atoms with Crippen LogP contribution in [0.3, 0.4) is 0 Å². The van der Waals surface area contributed by atoms with Crippen LogP contribution in [0.4, 0.5) is 0 Å². The molecule has 1 saturated carbocycles. The van der Waals surface area contributed by atoms with E-state index in [1.165, 1.54) is 11.1 Å². The first-order valence-electron chi connectivity index (χ1n) is 9.95. The average molecular weight is 385 g/mol. The highest BCUT2D eigenvalue weighted by molar-refractivity contribution is 5.81. The fourth-order valence-corrected chi connectivity index (χ4v) is 4.20. The van der Waals surface area contributed by atoms with Gasteiger partial charge in [0, 0.05) is 19.7 Å². The van der Waals surface area contributed by atoms with Gasteiger partial charge in [-0.25, -0.2) is 13.9 Å². The van der Waals surface area contributed by atoms with Crippen molar-refractivity contribution in [1.82, 2.24) is 24.1 Å². The van der Waals surface area contributed by atoms with E-state index in [1.807, 2.05) is 28.8 Å². The number of fused-ring (bicyclic) bond motifs is 3. The maximum atomic E-state index is 13.0. The summed E-state index contributed by atoms with van der Waals surface area (Å²) >= 11 is 0. The zero-order valence-electron chi connectivity index (χ0n) is 16.4. The van der Waals surface area contributed by atoms with Crippen LogP contribution in [0, 0.1) is 5.92 Å². The summed E-state index contributed by atoms with van der Waals surface area (Å²) in [4.78, 5) is 25.5. The van der Waals surface area contributed by atoms with Gasteiger partial charge in [0.15, 0.2) is 0 Å². The van der Waals surface area contributed by atoms with Crippen molar-refractivity contribution in [3.8, 4) is 0 Å². The summed E-state index contributed by atoms with van der Waals surface area (Å²) in [5, 5.41) is 7.56. The number of carbonyl (C=O) groups excluding carboxylic acids is 1. The minimum Gasteiger partial charge on any atom is -0.383 e. The van der Waals surface area contributed by atoms with Crippen molar-refractivity contribution in [2.45, 2.75) is 51.7 Å². The molecule has 2 aromatic heterocycles. The molecule has 3 aromatic rings. The van der Waals surface area contributed by atoms with Crippen molar-refractivity contribution in [2.24, 2.45) is 5.92 Å². The Bertz CT molecular complexity index is 1050. The predicted octanol–water partition coefficient (Wildman–Crippen LogP) is 1.79. The molecule has 8 nitrogen and oxygen atoms in total. The molecule has 0 spiro atoms. The van der Waals surface area contributed by atoms with E-state index in [1.54, 1.807) is 11.5 Å². The largest absolute Gasteiger partial charge is 0.383 e. The van der Waals surface area contributed by atoms with Gasteiger partial charge in [0.2, 0.25) is 11.7 Å². The van der Waals surface area contributed by atoms with Crippen LogP contribution in [0.2, 0.25) is 0 Å². The van der Waals surface area contributed by atoms with Gasteiger partial charge < -0.3 is 14.6 Å². The van der Waals surface area contributed by atoms with Gasteiger partial charge in [0.25, 0.3) is 0 Å². The predicted molar refractivity (Wildman–Crippen MR) is 106 cm³/mol. The Labute approximate surface area is 163 Å². The highest BCUT2D eigenvalue weighted by Crippen LogP contribution is 2.23. The van der Waals surface area contributed by atoms with E-state index < -0.39 is 0 Å². The standard InChI is InChI=1S/C20H27N5O3/c1-14-7-3-4-8-15(14)21-18(26)13-24-20(27)25-17-10-6-5-9-16(17)23(11-12-28-2)19(25)22-24/h5-6,9-10,14-15H,3-4,7-8,11-13H2,1-2H3,(H,21,26). The number of nitrogens with one attached hydrogen (secondary N) is 1. The van der Waals surface area contributed by atoms with E-state index in [0.717, 1.165) is 30.3 Å². The van der Waals surface area contributed by atoms with Crippen LogP contribution < -0.4 is 11.0 Å². The monoisotopic (exact) mass is 385 g/mol. The molecule has 2 heterocycles. The molecule has 1 aliphatic carbocycles. The van der Waals surface area contributed by atoms with E-state index in [9.17, 15) is 9.59 Å². The number of hydrogen-bond donors (Lipinski definition) is 1. The second-order valence-corrected chi connectivity index (χ2v) is 7.64. The number of rotatable bonds is 6. The first kappa shape index (κ1) is 18.7. The molecule has 8 heteroatoms. The fraction of sp³-hybridized carbons (Fsp3) is 0.550. The Balaban J connectivity index is 1.64. The van der Waals surface area contributed by atoms with E-state index in [0.29, 0.717) is 24.8 Å². The number of imidazole rings is 1. The number of aromatic nitrogens is 4. The van der Waals surface area contributed by atoms with Crippen molar-refractivity contribution >= 4 is 22.7 Å². The summed E-state index contributed by atoms with van der Waals surface area (Å²) in [7, 11) is 1.64. The lowest BCUT2D eigenvalue weighted by molar-refractivity contribution is -0.123. The smallest absolute Gasteiger partial charge is 0.352 e. The maximum Gasteiger partial charge on any atom is 0.352 e. The lowest BCUT2D eigenvalue weighted by atomic mass is 9.86. The van der Waals surface area contributed by atoms with Gasteiger partial charge in [-0.15, -0.1) is 5.10 Å². The van der Waals surface area contributed by atoms with Gasteiger partial charge >= 0.3 is 5.69 Å². The SMILES string of the molecule is COCCn1c2ccccc2n2c(=O)n(CC(=O)NC3CCCCC3C)nc12. The second-order valence-electron chi connectivity index (χ2n) is 7.64. The normalized spacial score (nSPS) is 20.1. The molecule has 0 aliphatic heterocycles. The third-order valence-electron chi connectivity index (χ3n) is 5.75. The minimum absolute atomic E-state index is 0.0671. The first-order valence-corrected chi connectivity index (χ1v) is 9.95. The highest BCUT2D eigenvalue weighted by Gasteiger charge is 2.24. The Morgan fingerprint density at radius 2 is 2.00 bits per heavy atom. The first-order chi connectivity index (χ1) is 13.6. The van der Waals surface area contributed by atoms with E-state index in [2.05, 4.69) is 17.3 Å². The molecule has 1 fully saturated rings. The molecular weight excluding hydrogens is 358 g/mol. The third-order valence-corrected chi connectivity index (χ3v) is 5.75. The number of amides is 1. The molecule has 1 amide bonds. The molecule has 2 unspecified atom stereocenters. The van der Waals surface area contributed by atoms with Crippen molar-refractivity contribution < 1.29 is 9.53 Å². The zero-order chi connectivity index (χ0) is 19.7. The third kappa shape index (κ3) is 3.32. The quantitative estimate of drug-likeness (QED) is 0.701. The van der Waals surface area contributed by atoms with Gasteiger partial charge in [0.1, 0.15) is 6.54 Å². The maximum absolute atomic E-state index is 13.0. The second kappa shape index (κ2) is 7.79. The minimum atomic E-state index is -0.297. The van der Waals surface area contributed by atoms with Crippen LogP contribution in [-0.4, -0.2) is 44.4 Å². The zero-order valence-corrected chi connectivity index (χ0v) is 16.4. The van der Waals surface area contributed by atoms with Crippen LogP contribution in [0.25, 0.3) is 16.8 Å². The molecule has 4 rings (SSSR count). The van der Waals surface area contributed by atoms with Gasteiger partial charge in [-0.05, 0) is 30.9 Å². The summed E-state index contributed by atoms with van der Waals surface area (Å²) in [6.45, 7) is 3.19. The summed E-state index contributed by atoms with van der Waals surface area (Å²) in [5.41, 5.74) is 1.41. The Kier molecular flexibility index (Phi) is 5.21. The molecule has 2 atom stereocenters. The summed E-state index contributed by atoms with van der Waals surface area (Å²) in [6.07, 6.45) is 4.49. The van der Waals surface area contributed by atoms with Crippen LogP contribution >= 0.6 is 0 Å². The van der Waals surface area contributed by atoms with Gasteiger partial charge in [-0.2, -0.15) is 0 Å². The average Bonchev–Trinajstić information content (AvgIpc) is 3.16. The number of hydrogen-bond acceptors (Lipinski definition) is 4. The number of nitrogens with zero attached hydrogens (tertiary/aromatic N) is 4. The molecule has 0 radical (unpaired) electrons. The fourth-order valence-electron chi connectivity index (χ4n) is 4.20. The Morgan fingerprint density at radius 3 is 2.75 bits per heavy atom. The Morgan fingerprint density at radius 1 is 1.25 bits per heavy atom. The van der Waals surface area contributed by atoms with Crippen molar-refractivity contribution in [3.63, 3.8) is 0 Å². The van der Waals surface area contributed by atoms with Crippen LogP contribution in [0.1, 0.15) is 32.6 Å². The number of ether oxygens (including phenoxy) is 1. The highest BCUT2D eigenvalue weighted by atomic mass is 16.5. The topological polar surface area (TPSA) is 82.6 Å². The van der Waals surface area contributed by atoms with Gasteiger partial charge in [0.05, 0.1) is 17.6 Å². The van der Waals surface area contributed by atoms with Crippen molar-refractivity contribution in [3.05, 3.63) is 34.7 Å². The van der Waals surface area contributed by atoms with E-state index in [-0.39, 0.29) is 24.2 Å².